The monoisotopic (exact) mass is 406 g/mol. The van der Waals surface area contributed by atoms with Crippen molar-refractivity contribution in [3.63, 3.8) is 0 Å². The minimum Gasteiger partial charge on any atom is -0.495 e. The number of halogens is 2. The lowest BCUT2D eigenvalue weighted by molar-refractivity contribution is -0.141. The molecule has 2 aromatic heterocycles. The number of rotatable bonds is 6. The molecule has 3 rings (SSSR count). The maximum absolute atomic E-state index is 14.2. The van der Waals surface area contributed by atoms with Gasteiger partial charge in [-0.05, 0) is 25.1 Å². The highest BCUT2D eigenvalue weighted by Gasteiger charge is 2.25. The van der Waals surface area contributed by atoms with Gasteiger partial charge in [-0.25, -0.2) is 9.18 Å². The molecule has 1 aromatic carbocycles. The lowest BCUT2D eigenvalue weighted by Gasteiger charge is -2.17. The molecular weight excluding hydrogens is 391 g/mol. The minimum atomic E-state index is -1.26. The molecule has 0 aliphatic carbocycles. The van der Waals surface area contributed by atoms with Crippen LogP contribution in [0, 0.1) is 12.7 Å². The summed E-state index contributed by atoms with van der Waals surface area (Å²) in [4.78, 5) is 24.4. The van der Waals surface area contributed by atoms with Crippen molar-refractivity contribution in [1.82, 2.24) is 9.72 Å². The maximum atomic E-state index is 14.2. The van der Waals surface area contributed by atoms with Gasteiger partial charge in [-0.15, -0.1) is 0 Å². The summed E-state index contributed by atoms with van der Waals surface area (Å²) in [5, 5.41) is 13.6. The van der Waals surface area contributed by atoms with E-state index in [0.717, 1.165) is 10.6 Å². The van der Waals surface area contributed by atoms with Gasteiger partial charge in [0.05, 0.1) is 19.0 Å². The van der Waals surface area contributed by atoms with Gasteiger partial charge in [0, 0.05) is 34.7 Å². The van der Waals surface area contributed by atoms with Gasteiger partial charge < -0.3 is 14.4 Å². The van der Waals surface area contributed by atoms with E-state index in [1.807, 2.05) is 0 Å². The molecule has 0 spiro atoms. The number of benzene rings is 1. The first-order chi connectivity index (χ1) is 13.3. The van der Waals surface area contributed by atoms with E-state index >= 15 is 0 Å². The minimum absolute atomic E-state index is 0.0753. The van der Waals surface area contributed by atoms with Gasteiger partial charge in [-0.3, -0.25) is 9.36 Å². The molecule has 9 heteroatoms. The Kier molecular flexibility index (Phi) is 5.51. The maximum Gasteiger partial charge on any atom is 0.327 e. The Labute approximate surface area is 163 Å². The van der Waals surface area contributed by atoms with Crippen LogP contribution in [-0.4, -0.2) is 27.9 Å². The van der Waals surface area contributed by atoms with E-state index in [-0.39, 0.29) is 28.3 Å². The Hall–Kier alpha value is -3.13. The number of carboxylic acid groups (broad SMARTS) is 1. The highest BCUT2D eigenvalue weighted by atomic mass is 35.5. The molecular formula is C19H16ClFN2O5. The number of ether oxygens (including phenoxy) is 1. The standard InChI is InChI=1S/C19H16ClFN2O5/c1-10-5-12(28-22-10)7-16(19(25)26)23-9-17(27-2)14(8-18(23)24)13-6-11(20)3-4-15(13)21/h3-6,8-9,16H,7H2,1-2H3,(H,25,26). The van der Waals surface area contributed by atoms with Crippen LogP contribution >= 0.6 is 11.6 Å². The second-order valence-corrected chi connectivity index (χ2v) is 6.55. The van der Waals surface area contributed by atoms with Gasteiger partial charge in [-0.1, -0.05) is 16.8 Å². The molecule has 28 heavy (non-hydrogen) atoms. The molecule has 3 aromatic rings. The smallest absolute Gasteiger partial charge is 0.327 e. The van der Waals surface area contributed by atoms with Crippen LogP contribution in [0.25, 0.3) is 11.1 Å². The SMILES string of the molecule is COc1cn(C(Cc2cc(C)no2)C(=O)O)c(=O)cc1-c1cc(Cl)ccc1F. The van der Waals surface area contributed by atoms with E-state index in [1.54, 1.807) is 13.0 Å². The van der Waals surface area contributed by atoms with Crippen molar-refractivity contribution in [2.45, 2.75) is 19.4 Å². The summed E-state index contributed by atoms with van der Waals surface area (Å²) in [6.45, 7) is 1.70. The fourth-order valence-electron chi connectivity index (χ4n) is 2.86. The predicted octanol–water partition coefficient (Wildman–Crippen LogP) is 3.48. The molecule has 1 unspecified atom stereocenters. The second kappa shape index (κ2) is 7.85. The summed E-state index contributed by atoms with van der Waals surface area (Å²) in [5.41, 5.74) is 0.199. The van der Waals surface area contributed by atoms with Gasteiger partial charge in [-0.2, -0.15) is 0 Å². The summed E-state index contributed by atoms with van der Waals surface area (Å²) < 4.78 is 25.6. The number of nitrogens with zero attached hydrogens (tertiary/aromatic N) is 2. The van der Waals surface area contributed by atoms with Crippen molar-refractivity contribution in [2.75, 3.05) is 7.11 Å². The molecule has 0 saturated carbocycles. The number of aromatic nitrogens is 2. The zero-order chi connectivity index (χ0) is 20.4. The number of aliphatic carboxylic acids is 1. The molecule has 2 heterocycles. The van der Waals surface area contributed by atoms with Crippen molar-refractivity contribution < 1.29 is 23.6 Å². The fourth-order valence-corrected chi connectivity index (χ4v) is 3.03. The number of methoxy groups -OCH3 is 1. The van der Waals surface area contributed by atoms with Crippen molar-refractivity contribution >= 4 is 17.6 Å². The number of carboxylic acids is 1. The van der Waals surface area contributed by atoms with E-state index in [9.17, 15) is 19.1 Å². The van der Waals surface area contributed by atoms with E-state index < -0.39 is 23.4 Å². The first-order valence-corrected chi connectivity index (χ1v) is 8.58. The molecule has 0 amide bonds. The molecule has 0 saturated heterocycles. The molecule has 0 bridgehead atoms. The number of hydrogen-bond donors (Lipinski definition) is 1. The van der Waals surface area contributed by atoms with Crippen LogP contribution in [-0.2, 0) is 11.2 Å². The largest absolute Gasteiger partial charge is 0.495 e. The van der Waals surface area contributed by atoms with Crippen LogP contribution in [0.2, 0.25) is 5.02 Å². The van der Waals surface area contributed by atoms with Crippen LogP contribution in [0.1, 0.15) is 17.5 Å². The number of hydrogen-bond acceptors (Lipinski definition) is 5. The Balaban J connectivity index is 2.10. The lowest BCUT2D eigenvalue weighted by atomic mass is 10.0. The number of carbonyl (C=O) groups is 1. The Bertz CT molecular complexity index is 1090. The third-order valence-corrected chi connectivity index (χ3v) is 4.41. The zero-order valence-corrected chi connectivity index (χ0v) is 15.7. The van der Waals surface area contributed by atoms with E-state index in [2.05, 4.69) is 5.16 Å². The quantitative estimate of drug-likeness (QED) is 0.673. The van der Waals surface area contributed by atoms with E-state index in [4.69, 9.17) is 20.9 Å². The Morgan fingerprint density at radius 2 is 2.11 bits per heavy atom. The van der Waals surface area contributed by atoms with Crippen molar-refractivity contribution in [3.05, 3.63) is 69.2 Å². The van der Waals surface area contributed by atoms with Crippen LogP contribution in [0.15, 0.2) is 45.8 Å². The summed E-state index contributed by atoms with van der Waals surface area (Å²) in [6.07, 6.45) is 1.14. The molecule has 1 atom stereocenters. The van der Waals surface area contributed by atoms with Crippen molar-refractivity contribution in [2.24, 2.45) is 0 Å². The summed E-state index contributed by atoms with van der Waals surface area (Å²) in [5.74, 6) is -1.38. The third kappa shape index (κ3) is 3.91. The lowest BCUT2D eigenvalue weighted by Crippen LogP contribution is -2.31. The van der Waals surface area contributed by atoms with Gasteiger partial charge >= 0.3 is 5.97 Å². The topological polar surface area (TPSA) is 94.6 Å². The molecule has 0 radical (unpaired) electrons. The molecule has 0 fully saturated rings. The van der Waals surface area contributed by atoms with Crippen LogP contribution in [0.3, 0.4) is 0 Å². The van der Waals surface area contributed by atoms with E-state index in [1.165, 1.54) is 31.5 Å². The molecule has 0 aliphatic heterocycles. The van der Waals surface area contributed by atoms with Crippen LogP contribution < -0.4 is 10.3 Å². The highest BCUT2D eigenvalue weighted by Crippen LogP contribution is 2.33. The Morgan fingerprint density at radius 3 is 2.71 bits per heavy atom. The molecule has 7 nitrogen and oxygen atoms in total. The third-order valence-electron chi connectivity index (χ3n) is 4.17. The molecule has 0 aliphatic rings. The average Bonchev–Trinajstić information content (AvgIpc) is 3.06. The summed E-state index contributed by atoms with van der Waals surface area (Å²) in [6, 6.07) is 5.38. The number of pyridine rings is 1. The second-order valence-electron chi connectivity index (χ2n) is 6.12. The predicted molar refractivity (Wildman–Crippen MR) is 99.3 cm³/mol. The Morgan fingerprint density at radius 1 is 1.36 bits per heavy atom. The van der Waals surface area contributed by atoms with Crippen molar-refractivity contribution in [1.29, 1.82) is 0 Å². The first-order valence-electron chi connectivity index (χ1n) is 8.20. The highest BCUT2D eigenvalue weighted by molar-refractivity contribution is 6.30. The zero-order valence-electron chi connectivity index (χ0n) is 15.0. The summed E-state index contributed by atoms with van der Waals surface area (Å²) in [7, 11) is 1.34. The average molecular weight is 407 g/mol. The number of aryl methyl sites for hydroxylation is 1. The normalized spacial score (nSPS) is 12.0. The molecule has 146 valence electrons. The van der Waals surface area contributed by atoms with Gasteiger partial charge in [0.15, 0.2) is 0 Å². The van der Waals surface area contributed by atoms with Gasteiger partial charge in [0.25, 0.3) is 5.56 Å². The van der Waals surface area contributed by atoms with Crippen LogP contribution in [0.5, 0.6) is 5.75 Å². The van der Waals surface area contributed by atoms with Gasteiger partial charge in [0.2, 0.25) is 0 Å². The molecule has 1 N–H and O–H groups in total. The van der Waals surface area contributed by atoms with Crippen molar-refractivity contribution in [3.8, 4) is 16.9 Å². The van der Waals surface area contributed by atoms with Crippen LogP contribution in [0.4, 0.5) is 4.39 Å². The fraction of sp³-hybridized carbons (Fsp3) is 0.211. The van der Waals surface area contributed by atoms with E-state index in [0.29, 0.717) is 11.5 Å². The van der Waals surface area contributed by atoms with Gasteiger partial charge in [0.1, 0.15) is 23.4 Å². The summed E-state index contributed by atoms with van der Waals surface area (Å²) >= 11 is 5.93. The first kappa shape index (κ1) is 19.6.